The molecule has 0 heterocycles. The third-order valence-corrected chi connectivity index (χ3v) is 2.09. The van der Waals surface area contributed by atoms with Crippen LogP contribution in [0.15, 0.2) is 0 Å². The van der Waals surface area contributed by atoms with E-state index in [4.69, 9.17) is 0 Å². The molecule has 7 nitrogen and oxygen atoms in total. The summed E-state index contributed by atoms with van der Waals surface area (Å²) in [5.74, 6) is -1.59. The first-order valence-corrected chi connectivity index (χ1v) is 5.50. The Morgan fingerprint density at radius 3 is 2.33 bits per heavy atom. The summed E-state index contributed by atoms with van der Waals surface area (Å²) in [6, 6.07) is -0.654. The normalized spacial score (nSPS) is 11.3. The molecule has 7 heteroatoms. The summed E-state index contributed by atoms with van der Waals surface area (Å²) in [6.07, 6.45) is -0.249. The van der Waals surface area contributed by atoms with Gasteiger partial charge in [0, 0.05) is 19.9 Å². The van der Waals surface area contributed by atoms with E-state index in [1.54, 1.807) is 0 Å². The number of carbonyl (C=O) groups excluding carboxylic acids is 4. The first-order valence-electron chi connectivity index (χ1n) is 5.50. The molecular formula is C11H18N2O5. The van der Waals surface area contributed by atoms with Crippen molar-refractivity contribution in [3.05, 3.63) is 0 Å². The lowest BCUT2D eigenvalue weighted by atomic mass is 10.2. The van der Waals surface area contributed by atoms with Gasteiger partial charge in [0.2, 0.25) is 11.8 Å². The Morgan fingerprint density at radius 1 is 1.22 bits per heavy atom. The zero-order chi connectivity index (χ0) is 14.1. The van der Waals surface area contributed by atoms with Crippen LogP contribution >= 0.6 is 0 Å². The maximum absolute atomic E-state index is 11.4. The molecule has 0 rings (SSSR count). The topological polar surface area (TPSA) is 102 Å². The first kappa shape index (κ1) is 16.1. The highest BCUT2D eigenvalue weighted by molar-refractivity contribution is 5.95. The maximum Gasteiger partial charge on any atom is 0.313 e. The highest BCUT2D eigenvalue weighted by atomic mass is 16.5. The minimum absolute atomic E-state index is 0.0492. The van der Waals surface area contributed by atoms with Crippen LogP contribution in [0.1, 0.15) is 26.7 Å². The van der Waals surface area contributed by atoms with Gasteiger partial charge in [0.15, 0.2) is 0 Å². The molecule has 0 aromatic heterocycles. The average molecular weight is 258 g/mol. The number of hydrogen-bond donors (Lipinski definition) is 2. The number of nitrogens with one attached hydrogen (secondary N) is 2. The minimum Gasteiger partial charge on any atom is -0.469 e. The van der Waals surface area contributed by atoms with E-state index in [0.29, 0.717) is 0 Å². The predicted molar refractivity (Wildman–Crippen MR) is 62.5 cm³/mol. The van der Waals surface area contributed by atoms with E-state index in [9.17, 15) is 19.2 Å². The number of esters is 1. The van der Waals surface area contributed by atoms with Gasteiger partial charge in [0.25, 0.3) is 0 Å². The third kappa shape index (κ3) is 7.37. The van der Waals surface area contributed by atoms with Crippen LogP contribution in [0.25, 0.3) is 0 Å². The number of Topliss-reactive ketones (excluding diaryl/α,β-unsaturated/α-hetero) is 1. The highest BCUT2D eigenvalue weighted by Gasteiger charge is 2.14. The molecule has 0 saturated heterocycles. The molecule has 0 aliphatic rings. The molecule has 0 fully saturated rings. The molecule has 0 aliphatic carbocycles. The lowest BCUT2D eigenvalue weighted by Gasteiger charge is -2.12. The van der Waals surface area contributed by atoms with Crippen LogP contribution in [0.2, 0.25) is 0 Å². The summed E-state index contributed by atoms with van der Waals surface area (Å²) >= 11 is 0. The van der Waals surface area contributed by atoms with Gasteiger partial charge >= 0.3 is 5.97 Å². The summed E-state index contributed by atoms with van der Waals surface area (Å²) in [5, 5.41) is 4.90. The van der Waals surface area contributed by atoms with E-state index in [-0.39, 0.29) is 37.0 Å². The van der Waals surface area contributed by atoms with Gasteiger partial charge in [-0.3, -0.25) is 19.2 Å². The zero-order valence-electron chi connectivity index (χ0n) is 10.7. The SMILES string of the molecule is COC(=O)CC(=O)CCNC(=O)[C@H](C)NC(C)=O. The predicted octanol–water partition coefficient (Wildman–Crippen LogP) is -0.850. The molecule has 0 unspecified atom stereocenters. The number of carbonyl (C=O) groups is 4. The van der Waals surface area contributed by atoms with Crippen LogP contribution in [0.5, 0.6) is 0 Å². The van der Waals surface area contributed by atoms with Crippen molar-refractivity contribution < 1.29 is 23.9 Å². The molecule has 102 valence electrons. The largest absolute Gasteiger partial charge is 0.469 e. The fourth-order valence-corrected chi connectivity index (χ4v) is 1.17. The van der Waals surface area contributed by atoms with E-state index in [1.807, 2.05) is 0 Å². The summed E-state index contributed by atoms with van der Waals surface area (Å²) in [5.41, 5.74) is 0. The number of ketones is 1. The van der Waals surface area contributed by atoms with E-state index in [2.05, 4.69) is 15.4 Å². The smallest absolute Gasteiger partial charge is 0.313 e. The van der Waals surface area contributed by atoms with Crippen LogP contribution in [0.3, 0.4) is 0 Å². The van der Waals surface area contributed by atoms with Crippen molar-refractivity contribution in [2.75, 3.05) is 13.7 Å². The van der Waals surface area contributed by atoms with Crippen molar-refractivity contribution in [1.29, 1.82) is 0 Å². The third-order valence-electron chi connectivity index (χ3n) is 2.09. The molecule has 0 saturated carbocycles. The van der Waals surface area contributed by atoms with Crippen molar-refractivity contribution in [2.24, 2.45) is 0 Å². The van der Waals surface area contributed by atoms with Crippen molar-refractivity contribution in [1.82, 2.24) is 10.6 Å². The van der Waals surface area contributed by atoms with Crippen molar-refractivity contribution in [2.45, 2.75) is 32.7 Å². The van der Waals surface area contributed by atoms with Gasteiger partial charge in [0.05, 0.1) is 7.11 Å². The van der Waals surface area contributed by atoms with Crippen molar-refractivity contribution in [3.63, 3.8) is 0 Å². The Balaban J connectivity index is 3.83. The van der Waals surface area contributed by atoms with E-state index < -0.39 is 12.0 Å². The van der Waals surface area contributed by atoms with Gasteiger partial charge in [0.1, 0.15) is 18.2 Å². The van der Waals surface area contributed by atoms with Gasteiger partial charge in [-0.25, -0.2) is 0 Å². The lowest BCUT2D eigenvalue weighted by molar-refractivity contribution is -0.143. The molecule has 1 atom stereocenters. The first-order chi connectivity index (χ1) is 8.36. The molecular weight excluding hydrogens is 240 g/mol. The summed E-state index contributed by atoms with van der Waals surface area (Å²) < 4.78 is 4.34. The molecule has 0 spiro atoms. The number of methoxy groups -OCH3 is 1. The fourth-order valence-electron chi connectivity index (χ4n) is 1.17. The van der Waals surface area contributed by atoms with E-state index in [0.717, 1.165) is 0 Å². The second-order valence-electron chi connectivity index (χ2n) is 3.75. The second kappa shape index (κ2) is 8.21. The number of ether oxygens (including phenoxy) is 1. The molecule has 2 amide bonds. The standard InChI is InChI=1S/C11H18N2O5/c1-7(13-8(2)14)11(17)12-5-4-9(15)6-10(16)18-3/h7H,4-6H2,1-3H3,(H,12,17)(H,13,14)/t7-/m0/s1. The van der Waals surface area contributed by atoms with Crippen molar-refractivity contribution >= 4 is 23.6 Å². The molecule has 0 aliphatic heterocycles. The maximum atomic E-state index is 11.4. The molecule has 0 radical (unpaired) electrons. The Bertz CT molecular complexity index is 340. The van der Waals surface area contributed by atoms with Gasteiger partial charge in [-0.05, 0) is 6.92 Å². The van der Waals surface area contributed by atoms with Crippen LogP contribution in [0, 0.1) is 0 Å². The second-order valence-corrected chi connectivity index (χ2v) is 3.75. The molecule has 0 aromatic carbocycles. The van der Waals surface area contributed by atoms with E-state index >= 15 is 0 Å². The summed E-state index contributed by atoms with van der Waals surface area (Å²) in [6.45, 7) is 2.97. The Kier molecular flexibility index (Phi) is 7.34. The van der Waals surface area contributed by atoms with Crippen LogP contribution in [-0.2, 0) is 23.9 Å². The molecule has 0 aromatic rings. The van der Waals surface area contributed by atoms with Crippen LogP contribution in [-0.4, -0.2) is 43.3 Å². The fraction of sp³-hybridized carbons (Fsp3) is 0.636. The quantitative estimate of drug-likeness (QED) is 0.457. The average Bonchev–Trinajstić information content (AvgIpc) is 2.27. The van der Waals surface area contributed by atoms with Gasteiger partial charge in [-0.1, -0.05) is 0 Å². The van der Waals surface area contributed by atoms with Crippen LogP contribution < -0.4 is 10.6 Å². The number of amides is 2. The molecule has 0 bridgehead atoms. The minimum atomic E-state index is -0.654. The van der Waals surface area contributed by atoms with Crippen LogP contribution in [0.4, 0.5) is 0 Å². The number of rotatable bonds is 7. The molecule has 2 N–H and O–H groups in total. The monoisotopic (exact) mass is 258 g/mol. The lowest BCUT2D eigenvalue weighted by Crippen LogP contribution is -2.44. The summed E-state index contributed by atoms with van der Waals surface area (Å²) in [7, 11) is 1.20. The van der Waals surface area contributed by atoms with Gasteiger partial charge in [-0.2, -0.15) is 0 Å². The Labute approximate surface area is 105 Å². The Hall–Kier alpha value is -1.92. The highest BCUT2D eigenvalue weighted by Crippen LogP contribution is 1.92. The van der Waals surface area contributed by atoms with Gasteiger partial charge in [-0.15, -0.1) is 0 Å². The van der Waals surface area contributed by atoms with Crippen molar-refractivity contribution in [3.8, 4) is 0 Å². The number of hydrogen-bond acceptors (Lipinski definition) is 5. The van der Waals surface area contributed by atoms with Gasteiger partial charge < -0.3 is 15.4 Å². The zero-order valence-corrected chi connectivity index (χ0v) is 10.7. The summed E-state index contributed by atoms with van der Waals surface area (Å²) in [4.78, 5) is 44.1. The van der Waals surface area contributed by atoms with E-state index in [1.165, 1.54) is 21.0 Å². The molecule has 18 heavy (non-hydrogen) atoms. The Morgan fingerprint density at radius 2 is 1.83 bits per heavy atom.